The Kier molecular flexibility index (Phi) is 3.98. The third-order valence-electron chi connectivity index (χ3n) is 3.49. The molecule has 3 heterocycles. The van der Waals surface area contributed by atoms with Gasteiger partial charge in [-0.1, -0.05) is 23.7 Å². The van der Waals surface area contributed by atoms with Crippen LogP contribution in [-0.4, -0.2) is 31.7 Å². The van der Waals surface area contributed by atoms with Gasteiger partial charge in [0.2, 0.25) is 10.9 Å². The van der Waals surface area contributed by atoms with Crippen LogP contribution in [-0.2, 0) is 0 Å². The van der Waals surface area contributed by atoms with Crippen LogP contribution in [0.25, 0.3) is 16.2 Å². The van der Waals surface area contributed by atoms with Crippen LogP contribution in [0.1, 0.15) is 5.82 Å². The number of hydrogen-bond donors (Lipinski definition) is 1. The first kappa shape index (κ1) is 15.8. The highest BCUT2D eigenvalue weighted by Gasteiger charge is 2.13. The van der Waals surface area contributed by atoms with Crippen molar-refractivity contribution >= 4 is 39.7 Å². The Labute approximate surface area is 152 Å². The predicted molar refractivity (Wildman–Crippen MR) is 97.9 cm³/mol. The molecule has 0 saturated heterocycles. The maximum absolute atomic E-state index is 5.96. The summed E-state index contributed by atoms with van der Waals surface area (Å²) in [4.78, 5) is 13.6. The highest BCUT2D eigenvalue weighted by molar-refractivity contribution is 7.15. The quantitative estimate of drug-likeness (QED) is 0.546. The molecule has 126 valence electrons. The molecule has 9 heteroatoms. The fourth-order valence-corrected chi connectivity index (χ4v) is 3.48. The SMILES string of the molecule is COc1cccc(-c2csc3nc(Nc4cc(Cl)nc(C)n4)nn23)c1. The monoisotopic (exact) mass is 372 g/mol. The molecule has 1 aromatic carbocycles. The Morgan fingerprint density at radius 3 is 2.88 bits per heavy atom. The number of nitrogens with one attached hydrogen (secondary N) is 1. The maximum Gasteiger partial charge on any atom is 0.249 e. The van der Waals surface area contributed by atoms with Crippen LogP contribution in [0, 0.1) is 6.92 Å². The van der Waals surface area contributed by atoms with Crippen molar-refractivity contribution in [3.8, 4) is 17.0 Å². The summed E-state index contributed by atoms with van der Waals surface area (Å²) in [6.07, 6.45) is 0. The molecule has 4 aromatic rings. The normalized spacial score (nSPS) is 11.0. The molecule has 0 fully saturated rings. The van der Waals surface area contributed by atoms with Gasteiger partial charge in [-0.2, -0.15) is 4.98 Å². The first-order chi connectivity index (χ1) is 12.1. The molecule has 0 aliphatic carbocycles. The zero-order chi connectivity index (χ0) is 17.4. The van der Waals surface area contributed by atoms with Crippen molar-refractivity contribution in [2.24, 2.45) is 0 Å². The Bertz CT molecular complexity index is 1040. The van der Waals surface area contributed by atoms with E-state index in [1.807, 2.05) is 29.6 Å². The van der Waals surface area contributed by atoms with Crippen LogP contribution < -0.4 is 10.1 Å². The Morgan fingerprint density at radius 2 is 2.08 bits per heavy atom. The number of thiazole rings is 1. The molecule has 1 N–H and O–H groups in total. The van der Waals surface area contributed by atoms with Gasteiger partial charge in [0.25, 0.3) is 0 Å². The number of benzene rings is 1. The summed E-state index contributed by atoms with van der Waals surface area (Å²) in [6.45, 7) is 1.77. The minimum absolute atomic E-state index is 0.369. The predicted octanol–water partition coefficient (Wildman–Crippen LogP) is 3.96. The summed E-state index contributed by atoms with van der Waals surface area (Å²) >= 11 is 7.47. The average molecular weight is 373 g/mol. The molecule has 0 spiro atoms. The third kappa shape index (κ3) is 3.13. The minimum Gasteiger partial charge on any atom is -0.497 e. The largest absolute Gasteiger partial charge is 0.497 e. The van der Waals surface area contributed by atoms with Gasteiger partial charge in [0.15, 0.2) is 0 Å². The van der Waals surface area contributed by atoms with Crippen molar-refractivity contribution in [3.05, 3.63) is 46.7 Å². The number of halogens is 1. The zero-order valence-corrected chi connectivity index (χ0v) is 15.0. The molecular formula is C16H13ClN6OS. The molecule has 25 heavy (non-hydrogen) atoms. The molecule has 7 nitrogen and oxygen atoms in total. The highest BCUT2D eigenvalue weighted by Crippen LogP contribution is 2.28. The van der Waals surface area contributed by atoms with E-state index in [0.29, 0.717) is 22.7 Å². The number of aromatic nitrogens is 5. The molecule has 0 atom stereocenters. The van der Waals surface area contributed by atoms with E-state index in [0.717, 1.165) is 22.0 Å². The summed E-state index contributed by atoms with van der Waals surface area (Å²) in [7, 11) is 1.65. The lowest BCUT2D eigenvalue weighted by Crippen LogP contribution is -1.99. The van der Waals surface area contributed by atoms with Crippen molar-refractivity contribution in [1.29, 1.82) is 0 Å². The van der Waals surface area contributed by atoms with Crippen molar-refractivity contribution in [2.75, 3.05) is 12.4 Å². The number of fused-ring (bicyclic) bond motifs is 1. The van der Waals surface area contributed by atoms with Crippen LogP contribution in [0.15, 0.2) is 35.7 Å². The number of hydrogen-bond acceptors (Lipinski definition) is 7. The van der Waals surface area contributed by atoms with E-state index < -0.39 is 0 Å². The Balaban J connectivity index is 1.70. The lowest BCUT2D eigenvalue weighted by molar-refractivity contribution is 0.415. The van der Waals surface area contributed by atoms with Gasteiger partial charge in [-0.05, 0) is 19.1 Å². The number of aryl methyl sites for hydroxylation is 1. The third-order valence-corrected chi connectivity index (χ3v) is 4.50. The molecule has 0 aliphatic heterocycles. The molecule has 0 aliphatic rings. The van der Waals surface area contributed by atoms with Crippen molar-refractivity contribution < 1.29 is 4.74 Å². The summed E-state index contributed by atoms with van der Waals surface area (Å²) < 4.78 is 7.08. The smallest absolute Gasteiger partial charge is 0.249 e. The van der Waals surface area contributed by atoms with Crippen molar-refractivity contribution in [3.63, 3.8) is 0 Å². The van der Waals surface area contributed by atoms with Gasteiger partial charge in [-0.15, -0.1) is 16.4 Å². The highest BCUT2D eigenvalue weighted by atomic mass is 35.5. The molecule has 0 unspecified atom stereocenters. The summed E-state index contributed by atoms with van der Waals surface area (Å²) in [5.41, 5.74) is 1.94. The lowest BCUT2D eigenvalue weighted by Gasteiger charge is -2.03. The summed E-state index contributed by atoms with van der Waals surface area (Å²) in [5, 5.41) is 9.97. The van der Waals surface area contributed by atoms with E-state index in [1.54, 1.807) is 24.6 Å². The van der Waals surface area contributed by atoms with Crippen molar-refractivity contribution in [2.45, 2.75) is 6.92 Å². The van der Waals surface area contributed by atoms with E-state index >= 15 is 0 Å². The number of methoxy groups -OCH3 is 1. The summed E-state index contributed by atoms with van der Waals surface area (Å²) in [6, 6.07) is 9.45. The average Bonchev–Trinajstić information content (AvgIpc) is 3.13. The number of nitrogens with zero attached hydrogens (tertiary/aromatic N) is 5. The second-order valence-corrected chi connectivity index (χ2v) is 6.45. The Hall–Kier alpha value is -2.71. The van der Waals surface area contributed by atoms with Gasteiger partial charge < -0.3 is 10.1 Å². The van der Waals surface area contributed by atoms with Gasteiger partial charge in [0, 0.05) is 17.0 Å². The molecule has 0 amide bonds. The molecule has 0 bridgehead atoms. The van der Waals surface area contributed by atoms with Crippen LogP contribution in [0.3, 0.4) is 0 Å². The van der Waals surface area contributed by atoms with Crippen LogP contribution >= 0.6 is 22.9 Å². The minimum atomic E-state index is 0.369. The number of rotatable bonds is 4. The first-order valence-electron chi connectivity index (χ1n) is 7.39. The second kappa shape index (κ2) is 6.30. The van der Waals surface area contributed by atoms with Gasteiger partial charge in [-0.3, -0.25) is 0 Å². The topological polar surface area (TPSA) is 77.2 Å². The lowest BCUT2D eigenvalue weighted by atomic mass is 10.2. The van der Waals surface area contributed by atoms with E-state index in [-0.39, 0.29) is 0 Å². The van der Waals surface area contributed by atoms with Gasteiger partial charge >= 0.3 is 0 Å². The molecule has 0 radical (unpaired) electrons. The Morgan fingerprint density at radius 1 is 1.20 bits per heavy atom. The van der Waals surface area contributed by atoms with Gasteiger partial charge in [0.05, 0.1) is 12.8 Å². The van der Waals surface area contributed by atoms with Crippen LogP contribution in [0.5, 0.6) is 5.75 Å². The van der Waals surface area contributed by atoms with Crippen molar-refractivity contribution in [1.82, 2.24) is 24.6 Å². The summed E-state index contributed by atoms with van der Waals surface area (Å²) in [5.74, 6) is 2.37. The van der Waals surface area contributed by atoms with Gasteiger partial charge in [-0.25, -0.2) is 14.5 Å². The van der Waals surface area contributed by atoms with E-state index in [1.165, 1.54) is 11.3 Å². The van der Waals surface area contributed by atoms with Crippen LogP contribution in [0.2, 0.25) is 5.15 Å². The molecular weight excluding hydrogens is 360 g/mol. The fraction of sp³-hybridized carbons (Fsp3) is 0.125. The fourth-order valence-electron chi connectivity index (χ4n) is 2.42. The number of ether oxygens (including phenoxy) is 1. The molecule has 4 rings (SSSR count). The first-order valence-corrected chi connectivity index (χ1v) is 8.65. The second-order valence-electron chi connectivity index (χ2n) is 5.23. The number of anilines is 2. The van der Waals surface area contributed by atoms with E-state index in [9.17, 15) is 0 Å². The zero-order valence-electron chi connectivity index (χ0n) is 13.4. The molecule has 3 aromatic heterocycles. The van der Waals surface area contributed by atoms with E-state index in [2.05, 4.69) is 25.4 Å². The molecule has 0 saturated carbocycles. The standard InChI is InChI=1S/C16H13ClN6OS/c1-9-18-13(17)7-14(19-9)20-15-21-16-23(22-15)12(8-25-16)10-4-3-5-11(6-10)24-2/h3-8H,1-2H3,(H,18,19,20,22). The van der Waals surface area contributed by atoms with Crippen LogP contribution in [0.4, 0.5) is 11.8 Å². The van der Waals surface area contributed by atoms with Gasteiger partial charge in [0.1, 0.15) is 22.5 Å². The maximum atomic E-state index is 5.96. The van der Waals surface area contributed by atoms with E-state index in [4.69, 9.17) is 16.3 Å².